The Hall–Kier alpha value is -0.640. The van der Waals surface area contributed by atoms with Gasteiger partial charge in [-0.15, -0.1) is 0 Å². The lowest BCUT2D eigenvalue weighted by Crippen LogP contribution is -2.36. The molecule has 1 unspecified atom stereocenters. The summed E-state index contributed by atoms with van der Waals surface area (Å²) in [4.78, 5) is 2.29. The molecule has 0 spiro atoms. The van der Waals surface area contributed by atoms with Crippen LogP contribution in [0.15, 0.2) is 18.2 Å². The SMILES string of the molecule is OCC1CCCN(Cc2ccc(F)c(Cl)c2)C1. The molecule has 2 rings (SSSR count). The Kier molecular flexibility index (Phi) is 4.37. The van der Waals surface area contributed by atoms with Crippen LogP contribution in [-0.4, -0.2) is 29.7 Å². The van der Waals surface area contributed by atoms with Crippen LogP contribution in [0.1, 0.15) is 18.4 Å². The molecular formula is C13H17ClFNO. The van der Waals surface area contributed by atoms with Gasteiger partial charge in [0.1, 0.15) is 5.82 Å². The Labute approximate surface area is 106 Å². The van der Waals surface area contributed by atoms with Crippen molar-refractivity contribution < 1.29 is 9.50 Å². The van der Waals surface area contributed by atoms with Crippen molar-refractivity contribution in [1.82, 2.24) is 4.90 Å². The van der Waals surface area contributed by atoms with Crippen molar-refractivity contribution >= 4 is 11.6 Å². The lowest BCUT2D eigenvalue weighted by atomic mass is 9.98. The fourth-order valence-electron chi connectivity index (χ4n) is 2.34. The van der Waals surface area contributed by atoms with E-state index in [9.17, 15) is 4.39 Å². The summed E-state index contributed by atoms with van der Waals surface area (Å²) in [5.41, 5.74) is 1.02. The zero-order chi connectivity index (χ0) is 12.3. The van der Waals surface area contributed by atoms with Crippen molar-refractivity contribution in [2.75, 3.05) is 19.7 Å². The molecule has 1 saturated heterocycles. The molecular weight excluding hydrogens is 241 g/mol. The van der Waals surface area contributed by atoms with Crippen molar-refractivity contribution in [3.63, 3.8) is 0 Å². The minimum atomic E-state index is -0.373. The van der Waals surface area contributed by atoms with Crippen LogP contribution in [0.3, 0.4) is 0 Å². The molecule has 1 aromatic carbocycles. The van der Waals surface area contributed by atoms with Crippen molar-refractivity contribution in [2.24, 2.45) is 5.92 Å². The number of rotatable bonds is 3. The first-order chi connectivity index (χ1) is 8.19. The highest BCUT2D eigenvalue weighted by atomic mass is 35.5. The summed E-state index contributed by atoms with van der Waals surface area (Å²) in [7, 11) is 0. The summed E-state index contributed by atoms with van der Waals surface area (Å²) in [6.45, 7) is 2.97. The molecule has 1 fully saturated rings. The maximum Gasteiger partial charge on any atom is 0.141 e. The Morgan fingerprint density at radius 1 is 1.47 bits per heavy atom. The summed E-state index contributed by atoms with van der Waals surface area (Å²) in [5, 5.41) is 9.34. The van der Waals surface area contributed by atoms with Crippen LogP contribution >= 0.6 is 11.6 Å². The lowest BCUT2D eigenvalue weighted by Gasteiger charge is -2.31. The highest BCUT2D eigenvalue weighted by Gasteiger charge is 2.19. The molecule has 0 amide bonds. The second-order valence-corrected chi connectivity index (χ2v) is 5.08. The second-order valence-electron chi connectivity index (χ2n) is 4.67. The minimum Gasteiger partial charge on any atom is -0.396 e. The third-order valence-electron chi connectivity index (χ3n) is 3.25. The zero-order valence-corrected chi connectivity index (χ0v) is 10.5. The van der Waals surface area contributed by atoms with Gasteiger partial charge in [-0.3, -0.25) is 4.90 Å². The molecule has 1 heterocycles. The highest BCUT2D eigenvalue weighted by Crippen LogP contribution is 2.21. The van der Waals surface area contributed by atoms with E-state index in [1.807, 2.05) is 0 Å². The number of nitrogens with zero attached hydrogens (tertiary/aromatic N) is 1. The number of hydrogen-bond acceptors (Lipinski definition) is 2. The second kappa shape index (κ2) is 5.80. The number of likely N-dealkylation sites (tertiary alicyclic amines) is 1. The Balaban J connectivity index is 1.97. The molecule has 1 aliphatic heterocycles. The van der Waals surface area contributed by atoms with E-state index in [0.29, 0.717) is 5.92 Å². The Morgan fingerprint density at radius 2 is 2.29 bits per heavy atom. The molecule has 0 aliphatic carbocycles. The molecule has 0 aromatic heterocycles. The van der Waals surface area contributed by atoms with Crippen LogP contribution in [0.2, 0.25) is 5.02 Å². The third kappa shape index (κ3) is 3.41. The molecule has 0 saturated carbocycles. The van der Waals surface area contributed by atoms with Gasteiger partial charge < -0.3 is 5.11 Å². The molecule has 4 heteroatoms. The van der Waals surface area contributed by atoms with Crippen molar-refractivity contribution in [3.8, 4) is 0 Å². The van der Waals surface area contributed by atoms with Crippen LogP contribution < -0.4 is 0 Å². The summed E-state index contributed by atoms with van der Waals surface area (Å²) >= 11 is 5.75. The van der Waals surface area contributed by atoms with E-state index in [4.69, 9.17) is 16.7 Å². The third-order valence-corrected chi connectivity index (χ3v) is 3.54. The largest absolute Gasteiger partial charge is 0.396 e. The maximum absolute atomic E-state index is 13.0. The summed E-state index contributed by atoms with van der Waals surface area (Å²) < 4.78 is 13.0. The Bertz CT molecular complexity index is 386. The fraction of sp³-hybridized carbons (Fsp3) is 0.538. The van der Waals surface area contributed by atoms with E-state index in [1.54, 1.807) is 12.1 Å². The first kappa shape index (κ1) is 12.8. The van der Waals surface area contributed by atoms with E-state index in [0.717, 1.165) is 38.0 Å². The van der Waals surface area contributed by atoms with Crippen LogP contribution in [0.4, 0.5) is 4.39 Å². The first-order valence-corrected chi connectivity index (χ1v) is 6.34. The van der Waals surface area contributed by atoms with Gasteiger partial charge in [0.05, 0.1) is 5.02 Å². The number of benzene rings is 1. The van der Waals surface area contributed by atoms with Crippen LogP contribution in [0, 0.1) is 11.7 Å². The van der Waals surface area contributed by atoms with Crippen LogP contribution in [0.25, 0.3) is 0 Å². The van der Waals surface area contributed by atoms with E-state index < -0.39 is 0 Å². The average Bonchev–Trinajstić information content (AvgIpc) is 2.34. The van der Waals surface area contributed by atoms with Gasteiger partial charge in [0.25, 0.3) is 0 Å². The van der Waals surface area contributed by atoms with Gasteiger partial charge in [0.15, 0.2) is 0 Å². The van der Waals surface area contributed by atoms with Crippen molar-refractivity contribution in [3.05, 3.63) is 34.6 Å². The number of aliphatic hydroxyl groups is 1. The van der Waals surface area contributed by atoms with Gasteiger partial charge in [0, 0.05) is 19.7 Å². The average molecular weight is 258 g/mol. The highest BCUT2D eigenvalue weighted by molar-refractivity contribution is 6.30. The van der Waals surface area contributed by atoms with Gasteiger partial charge in [-0.2, -0.15) is 0 Å². The molecule has 1 N–H and O–H groups in total. The van der Waals surface area contributed by atoms with E-state index in [-0.39, 0.29) is 17.4 Å². The molecule has 1 aromatic rings. The van der Waals surface area contributed by atoms with Crippen LogP contribution in [0.5, 0.6) is 0 Å². The smallest absolute Gasteiger partial charge is 0.141 e. The summed E-state index contributed by atoms with van der Waals surface area (Å²) in [6, 6.07) is 4.86. The molecule has 1 atom stereocenters. The molecule has 0 radical (unpaired) electrons. The maximum atomic E-state index is 13.0. The summed E-state index contributed by atoms with van der Waals surface area (Å²) in [5.74, 6) is 0.00182. The molecule has 94 valence electrons. The molecule has 2 nitrogen and oxygen atoms in total. The quantitative estimate of drug-likeness (QED) is 0.900. The van der Waals surface area contributed by atoms with Crippen LogP contribution in [-0.2, 0) is 6.54 Å². The van der Waals surface area contributed by atoms with Gasteiger partial charge in [-0.25, -0.2) is 4.39 Å². The topological polar surface area (TPSA) is 23.5 Å². The number of halogens is 2. The van der Waals surface area contributed by atoms with E-state index in [2.05, 4.69) is 4.90 Å². The van der Waals surface area contributed by atoms with Gasteiger partial charge in [-0.1, -0.05) is 17.7 Å². The lowest BCUT2D eigenvalue weighted by molar-refractivity contribution is 0.116. The monoisotopic (exact) mass is 257 g/mol. The van der Waals surface area contributed by atoms with E-state index >= 15 is 0 Å². The molecule has 1 aliphatic rings. The normalized spacial score (nSPS) is 21.7. The number of hydrogen-bond donors (Lipinski definition) is 1. The molecule has 17 heavy (non-hydrogen) atoms. The first-order valence-electron chi connectivity index (χ1n) is 5.96. The predicted molar refractivity (Wildman–Crippen MR) is 66.5 cm³/mol. The number of piperidine rings is 1. The van der Waals surface area contributed by atoms with Crippen molar-refractivity contribution in [1.29, 1.82) is 0 Å². The summed E-state index contributed by atoms with van der Waals surface area (Å²) in [6.07, 6.45) is 2.21. The van der Waals surface area contributed by atoms with Gasteiger partial charge >= 0.3 is 0 Å². The minimum absolute atomic E-state index is 0.179. The van der Waals surface area contributed by atoms with Crippen molar-refractivity contribution in [2.45, 2.75) is 19.4 Å². The number of aliphatic hydroxyl groups excluding tert-OH is 1. The zero-order valence-electron chi connectivity index (χ0n) is 9.70. The predicted octanol–water partition coefficient (Wildman–Crippen LogP) is 2.68. The Morgan fingerprint density at radius 3 is 3.00 bits per heavy atom. The molecule has 0 bridgehead atoms. The van der Waals surface area contributed by atoms with Gasteiger partial charge in [-0.05, 0) is 43.0 Å². The van der Waals surface area contributed by atoms with Gasteiger partial charge in [0.2, 0.25) is 0 Å². The standard InChI is InChI=1S/C13H17ClFNO/c14-12-6-10(3-4-13(12)15)7-16-5-1-2-11(8-16)9-17/h3-4,6,11,17H,1-2,5,7-9H2. The fourth-order valence-corrected chi connectivity index (χ4v) is 2.54. The van der Waals surface area contributed by atoms with E-state index in [1.165, 1.54) is 6.07 Å².